The molecule has 2 rings (SSSR count). The Bertz CT molecular complexity index is 475. The molecule has 1 atom stereocenters. The zero-order chi connectivity index (χ0) is 14.5. The van der Waals surface area contributed by atoms with E-state index in [0.717, 1.165) is 38.3 Å². The molecule has 5 heteroatoms. The van der Waals surface area contributed by atoms with Crippen LogP contribution in [-0.2, 0) is 11.3 Å². The molecule has 1 fully saturated rings. The van der Waals surface area contributed by atoms with Crippen molar-refractivity contribution in [2.75, 3.05) is 26.9 Å². The Morgan fingerprint density at radius 2 is 2.35 bits per heavy atom. The van der Waals surface area contributed by atoms with Crippen LogP contribution in [0.1, 0.15) is 29.3 Å². The van der Waals surface area contributed by atoms with Gasteiger partial charge in [-0.05, 0) is 24.1 Å². The van der Waals surface area contributed by atoms with Crippen LogP contribution >= 0.6 is 0 Å². The summed E-state index contributed by atoms with van der Waals surface area (Å²) in [4.78, 5) is 13.4. The van der Waals surface area contributed by atoms with E-state index in [2.05, 4.69) is 11.8 Å². The van der Waals surface area contributed by atoms with Gasteiger partial charge in [0.2, 0.25) is 0 Å². The molecule has 1 aliphatic rings. The largest absolute Gasteiger partial charge is 0.496 e. The van der Waals surface area contributed by atoms with E-state index in [9.17, 15) is 4.79 Å². The molecular weight excluding hydrogens is 258 g/mol. The fraction of sp³-hybridized carbons (Fsp3) is 0.533. The second kappa shape index (κ2) is 6.72. The van der Waals surface area contributed by atoms with E-state index in [1.165, 1.54) is 7.11 Å². The molecule has 1 aromatic rings. The Kier molecular flexibility index (Phi) is 4.98. The van der Waals surface area contributed by atoms with Gasteiger partial charge in [-0.15, -0.1) is 0 Å². The summed E-state index contributed by atoms with van der Waals surface area (Å²) in [6.07, 6.45) is 1.05. The number of carboxylic acid groups (broad SMARTS) is 1. The van der Waals surface area contributed by atoms with Crippen molar-refractivity contribution in [3.63, 3.8) is 0 Å². The summed E-state index contributed by atoms with van der Waals surface area (Å²) in [5, 5.41) is 9.08. The van der Waals surface area contributed by atoms with Gasteiger partial charge in [0.1, 0.15) is 11.3 Å². The van der Waals surface area contributed by atoms with E-state index >= 15 is 0 Å². The highest BCUT2D eigenvalue weighted by molar-refractivity contribution is 5.90. The number of ether oxygens (including phenoxy) is 2. The first-order valence-corrected chi connectivity index (χ1v) is 6.87. The number of nitrogens with zero attached hydrogens (tertiary/aromatic N) is 1. The fourth-order valence-corrected chi connectivity index (χ4v) is 2.52. The lowest BCUT2D eigenvalue weighted by Gasteiger charge is -2.35. The molecule has 0 bridgehead atoms. The Morgan fingerprint density at radius 3 is 3.00 bits per heavy atom. The molecule has 1 unspecified atom stereocenters. The topological polar surface area (TPSA) is 59.0 Å². The van der Waals surface area contributed by atoms with Gasteiger partial charge in [0.15, 0.2) is 0 Å². The number of benzene rings is 1. The van der Waals surface area contributed by atoms with Crippen LogP contribution in [0, 0.1) is 0 Å². The molecule has 1 heterocycles. The minimum atomic E-state index is -0.966. The molecule has 0 amide bonds. The second-order valence-electron chi connectivity index (χ2n) is 4.95. The Balaban J connectivity index is 2.14. The average molecular weight is 279 g/mol. The molecule has 1 aromatic carbocycles. The summed E-state index contributed by atoms with van der Waals surface area (Å²) >= 11 is 0. The molecule has 20 heavy (non-hydrogen) atoms. The normalized spacial score (nSPS) is 19.8. The highest BCUT2D eigenvalue weighted by atomic mass is 16.5. The van der Waals surface area contributed by atoms with Crippen molar-refractivity contribution in [2.45, 2.75) is 25.9 Å². The molecule has 110 valence electrons. The molecule has 0 saturated carbocycles. The number of carboxylic acids is 1. The van der Waals surface area contributed by atoms with Crippen LogP contribution in [0.2, 0.25) is 0 Å². The fourth-order valence-electron chi connectivity index (χ4n) is 2.52. The predicted octanol–water partition coefficient (Wildman–Crippen LogP) is 2.00. The predicted molar refractivity (Wildman–Crippen MR) is 75.3 cm³/mol. The summed E-state index contributed by atoms with van der Waals surface area (Å²) in [6.45, 7) is 5.36. The van der Waals surface area contributed by atoms with Gasteiger partial charge in [0, 0.05) is 19.1 Å². The number of aromatic carboxylic acids is 1. The van der Waals surface area contributed by atoms with Gasteiger partial charge in [0.25, 0.3) is 0 Å². The summed E-state index contributed by atoms with van der Waals surface area (Å²) in [6, 6.07) is 5.70. The number of rotatable bonds is 5. The van der Waals surface area contributed by atoms with E-state index in [0.29, 0.717) is 11.8 Å². The first kappa shape index (κ1) is 14.8. The van der Waals surface area contributed by atoms with Gasteiger partial charge in [-0.1, -0.05) is 13.0 Å². The standard InChI is InChI=1S/C15H21NO4/c1-3-12-10-20-7-6-16(12)9-11-4-5-13(15(17)18)14(8-11)19-2/h4-5,8,12H,3,6-7,9-10H2,1-2H3,(H,17,18). The molecule has 0 radical (unpaired) electrons. The van der Waals surface area contributed by atoms with Crippen molar-refractivity contribution in [1.29, 1.82) is 0 Å². The number of morpholine rings is 1. The Hall–Kier alpha value is -1.59. The molecule has 1 N–H and O–H groups in total. The molecule has 0 aliphatic carbocycles. The minimum absolute atomic E-state index is 0.199. The third-order valence-corrected chi connectivity index (χ3v) is 3.70. The highest BCUT2D eigenvalue weighted by Gasteiger charge is 2.22. The Labute approximate surface area is 119 Å². The third-order valence-electron chi connectivity index (χ3n) is 3.70. The van der Waals surface area contributed by atoms with Crippen molar-refractivity contribution in [1.82, 2.24) is 4.90 Å². The van der Waals surface area contributed by atoms with Gasteiger partial charge >= 0.3 is 5.97 Å². The van der Waals surface area contributed by atoms with Gasteiger partial charge in [-0.25, -0.2) is 4.79 Å². The average Bonchev–Trinajstić information content (AvgIpc) is 2.47. The Morgan fingerprint density at radius 1 is 1.55 bits per heavy atom. The maximum Gasteiger partial charge on any atom is 0.339 e. The third kappa shape index (κ3) is 3.29. The zero-order valence-electron chi connectivity index (χ0n) is 12.0. The second-order valence-corrected chi connectivity index (χ2v) is 4.95. The molecule has 0 spiro atoms. The SMILES string of the molecule is CCC1COCCN1Cc1ccc(C(=O)O)c(OC)c1. The van der Waals surface area contributed by atoms with Crippen LogP contribution in [0.5, 0.6) is 5.75 Å². The maximum atomic E-state index is 11.1. The van der Waals surface area contributed by atoms with Gasteiger partial charge < -0.3 is 14.6 Å². The van der Waals surface area contributed by atoms with E-state index in [-0.39, 0.29) is 5.56 Å². The minimum Gasteiger partial charge on any atom is -0.496 e. The highest BCUT2D eigenvalue weighted by Crippen LogP contribution is 2.22. The molecule has 5 nitrogen and oxygen atoms in total. The summed E-state index contributed by atoms with van der Waals surface area (Å²) in [7, 11) is 1.50. The molecular formula is C15H21NO4. The van der Waals surface area contributed by atoms with Crippen LogP contribution in [0.25, 0.3) is 0 Å². The van der Waals surface area contributed by atoms with Crippen molar-refractivity contribution < 1.29 is 19.4 Å². The maximum absolute atomic E-state index is 11.1. The van der Waals surface area contributed by atoms with Crippen molar-refractivity contribution in [3.8, 4) is 5.75 Å². The first-order valence-electron chi connectivity index (χ1n) is 6.87. The summed E-state index contributed by atoms with van der Waals surface area (Å²) in [5.41, 5.74) is 1.26. The quantitative estimate of drug-likeness (QED) is 0.893. The number of carbonyl (C=O) groups is 1. The van der Waals surface area contributed by atoms with Crippen LogP contribution in [-0.4, -0.2) is 48.9 Å². The summed E-state index contributed by atoms with van der Waals surface area (Å²) < 4.78 is 10.7. The lowest BCUT2D eigenvalue weighted by atomic mass is 10.1. The lowest BCUT2D eigenvalue weighted by Crippen LogP contribution is -2.44. The van der Waals surface area contributed by atoms with Crippen LogP contribution in [0.15, 0.2) is 18.2 Å². The zero-order valence-corrected chi connectivity index (χ0v) is 12.0. The number of hydrogen-bond donors (Lipinski definition) is 1. The van der Waals surface area contributed by atoms with E-state index in [1.54, 1.807) is 6.07 Å². The molecule has 0 aromatic heterocycles. The van der Waals surface area contributed by atoms with Gasteiger partial charge in [-0.3, -0.25) is 4.90 Å². The van der Waals surface area contributed by atoms with Crippen LogP contribution in [0.4, 0.5) is 0 Å². The van der Waals surface area contributed by atoms with Crippen molar-refractivity contribution >= 4 is 5.97 Å². The lowest BCUT2D eigenvalue weighted by molar-refractivity contribution is -0.0127. The van der Waals surface area contributed by atoms with Crippen LogP contribution in [0.3, 0.4) is 0 Å². The van der Waals surface area contributed by atoms with E-state index in [4.69, 9.17) is 14.6 Å². The number of hydrogen-bond acceptors (Lipinski definition) is 4. The van der Waals surface area contributed by atoms with E-state index < -0.39 is 5.97 Å². The molecule has 1 aliphatic heterocycles. The van der Waals surface area contributed by atoms with Gasteiger partial charge in [-0.2, -0.15) is 0 Å². The van der Waals surface area contributed by atoms with Gasteiger partial charge in [0.05, 0.1) is 20.3 Å². The monoisotopic (exact) mass is 279 g/mol. The summed E-state index contributed by atoms with van der Waals surface area (Å²) in [5.74, 6) is -0.553. The van der Waals surface area contributed by atoms with E-state index in [1.807, 2.05) is 12.1 Å². The van der Waals surface area contributed by atoms with Crippen molar-refractivity contribution in [3.05, 3.63) is 29.3 Å². The number of methoxy groups -OCH3 is 1. The van der Waals surface area contributed by atoms with Crippen molar-refractivity contribution in [2.24, 2.45) is 0 Å². The molecule has 1 saturated heterocycles. The van der Waals surface area contributed by atoms with Crippen LogP contribution < -0.4 is 4.74 Å². The smallest absolute Gasteiger partial charge is 0.339 e. The first-order chi connectivity index (χ1) is 9.65.